The molecule has 0 bridgehead atoms. The fourth-order valence-corrected chi connectivity index (χ4v) is 3.17. The van der Waals surface area contributed by atoms with Gasteiger partial charge in [0.2, 0.25) is 17.7 Å². The molecule has 0 aliphatic carbocycles. The average molecular weight is 358 g/mol. The van der Waals surface area contributed by atoms with E-state index in [1.54, 1.807) is 5.38 Å². The number of amides is 3. The molecule has 7 nitrogen and oxygen atoms in total. The molecule has 1 aromatic heterocycles. The summed E-state index contributed by atoms with van der Waals surface area (Å²) >= 11 is 1.25. The molecule has 1 saturated heterocycles. The number of aromatic nitrogens is 1. The van der Waals surface area contributed by atoms with Crippen LogP contribution in [0.25, 0.3) is 0 Å². The minimum atomic E-state index is -0.510. The van der Waals surface area contributed by atoms with Gasteiger partial charge in [-0.3, -0.25) is 14.4 Å². The Kier molecular flexibility index (Phi) is 5.08. The smallest absolute Gasteiger partial charge is 0.248 e. The fraction of sp³-hybridized carbons (Fsp3) is 0.294. The number of thiazole rings is 1. The third-order valence-electron chi connectivity index (χ3n) is 3.77. The van der Waals surface area contributed by atoms with Crippen molar-refractivity contribution in [1.82, 2.24) is 10.3 Å². The molecule has 130 valence electrons. The molecule has 3 amide bonds. The van der Waals surface area contributed by atoms with E-state index in [1.165, 1.54) is 11.3 Å². The fourth-order valence-electron chi connectivity index (χ4n) is 2.46. The van der Waals surface area contributed by atoms with Crippen LogP contribution in [0.4, 0.5) is 10.8 Å². The number of aryl methyl sites for hydroxylation is 1. The number of hydrogen-bond donors (Lipinski definition) is 3. The number of rotatable bonds is 5. The zero-order valence-corrected chi connectivity index (χ0v) is 14.5. The maximum Gasteiger partial charge on any atom is 0.248 e. The Morgan fingerprint density at radius 2 is 2.04 bits per heavy atom. The Bertz CT molecular complexity index is 800. The van der Waals surface area contributed by atoms with Crippen molar-refractivity contribution in [2.75, 3.05) is 10.6 Å². The molecule has 0 spiro atoms. The molecule has 2 aromatic rings. The zero-order chi connectivity index (χ0) is 17.8. The zero-order valence-electron chi connectivity index (χ0n) is 13.7. The summed E-state index contributed by atoms with van der Waals surface area (Å²) in [5, 5.41) is 10.2. The first-order valence-electron chi connectivity index (χ1n) is 7.91. The van der Waals surface area contributed by atoms with Gasteiger partial charge in [0.25, 0.3) is 0 Å². The van der Waals surface area contributed by atoms with Crippen molar-refractivity contribution in [2.45, 2.75) is 32.2 Å². The summed E-state index contributed by atoms with van der Waals surface area (Å²) in [7, 11) is 0. The molecular weight excluding hydrogens is 340 g/mol. The van der Waals surface area contributed by atoms with Crippen LogP contribution in [0.15, 0.2) is 29.6 Å². The first-order valence-corrected chi connectivity index (χ1v) is 8.79. The second kappa shape index (κ2) is 7.43. The minimum Gasteiger partial charge on any atom is -0.344 e. The number of carbonyl (C=O) groups excluding carboxylic acids is 3. The number of hydrogen-bond acceptors (Lipinski definition) is 5. The van der Waals surface area contributed by atoms with E-state index < -0.39 is 6.04 Å². The molecule has 0 saturated carbocycles. The largest absolute Gasteiger partial charge is 0.344 e. The van der Waals surface area contributed by atoms with Crippen molar-refractivity contribution >= 4 is 39.9 Å². The van der Waals surface area contributed by atoms with Gasteiger partial charge in [-0.15, -0.1) is 11.3 Å². The SMILES string of the molecule is Cc1ccc(NC(=O)Cc2csc(NC(=O)C3CCC(=O)N3)n2)cc1. The minimum absolute atomic E-state index is 0.118. The van der Waals surface area contributed by atoms with Crippen LogP contribution < -0.4 is 16.0 Å². The molecule has 3 N–H and O–H groups in total. The van der Waals surface area contributed by atoms with Crippen molar-refractivity contribution in [3.05, 3.63) is 40.9 Å². The summed E-state index contributed by atoms with van der Waals surface area (Å²) in [6, 6.07) is 7.03. The van der Waals surface area contributed by atoms with Crippen LogP contribution in [0.3, 0.4) is 0 Å². The first-order chi connectivity index (χ1) is 12.0. The summed E-state index contributed by atoms with van der Waals surface area (Å²) in [6.45, 7) is 1.98. The summed E-state index contributed by atoms with van der Waals surface area (Å²) in [6.07, 6.45) is 0.975. The highest BCUT2D eigenvalue weighted by molar-refractivity contribution is 7.13. The Morgan fingerprint density at radius 1 is 1.28 bits per heavy atom. The highest BCUT2D eigenvalue weighted by atomic mass is 32.1. The Morgan fingerprint density at radius 3 is 2.72 bits per heavy atom. The number of nitrogens with zero attached hydrogens (tertiary/aromatic N) is 1. The maximum absolute atomic E-state index is 12.1. The van der Waals surface area contributed by atoms with Gasteiger partial charge in [0.1, 0.15) is 6.04 Å². The third-order valence-corrected chi connectivity index (χ3v) is 4.58. The van der Waals surface area contributed by atoms with Crippen LogP contribution in [0.2, 0.25) is 0 Å². The lowest BCUT2D eigenvalue weighted by molar-refractivity contribution is -0.122. The van der Waals surface area contributed by atoms with Gasteiger partial charge in [-0.1, -0.05) is 17.7 Å². The number of benzene rings is 1. The highest BCUT2D eigenvalue weighted by Gasteiger charge is 2.27. The molecule has 8 heteroatoms. The molecule has 3 rings (SSSR count). The van der Waals surface area contributed by atoms with Gasteiger partial charge in [0.05, 0.1) is 12.1 Å². The molecular formula is C17H18N4O3S. The van der Waals surface area contributed by atoms with Gasteiger partial charge in [-0.05, 0) is 25.5 Å². The van der Waals surface area contributed by atoms with Gasteiger partial charge in [-0.2, -0.15) is 0 Å². The molecule has 2 heterocycles. The maximum atomic E-state index is 12.1. The lowest BCUT2D eigenvalue weighted by Crippen LogP contribution is -2.37. The number of nitrogens with one attached hydrogen (secondary N) is 3. The normalized spacial score (nSPS) is 16.4. The summed E-state index contributed by atoms with van der Waals surface area (Å²) in [4.78, 5) is 39.5. The molecule has 25 heavy (non-hydrogen) atoms. The number of anilines is 2. The predicted molar refractivity (Wildman–Crippen MR) is 95.4 cm³/mol. The predicted octanol–water partition coefficient (Wildman–Crippen LogP) is 1.85. The number of carbonyl (C=O) groups is 3. The van der Waals surface area contributed by atoms with Crippen molar-refractivity contribution in [2.24, 2.45) is 0 Å². The highest BCUT2D eigenvalue weighted by Crippen LogP contribution is 2.18. The first kappa shape index (κ1) is 17.1. The monoisotopic (exact) mass is 358 g/mol. The Balaban J connectivity index is 1.52. The van der Waals surface area contributed by atoms with Gasteiger partial charge in [0, 0.05) is 17.5 Å². The molecule has 1 aliphatic rings. The van der Waals surface area contributed by atoms with E-state index in [0.717, 1.165) is 11.3 Å². The van der Waals surface area contributed by atoms with E-state index in [0.29, 0.717) is 23.7 Å². The summed E-state index contributed by atoms with van der Waals surface area (Å²) in [5.41, 5.74) is 2.44. The van der Waals surface area contributed by atoms with Crippen LogP contribution >= 0.6 is 11.3 Å². The lowest BCUT2D eigenvalue weighted by atomic mass is 10.2. The van der Waals surface area contributed by atoms with Crippen LogP contribution in [-0.2, 0) is 20.8 Å². The van der Waals surface area contributed by atoms with Gasteiger partial charge >= 0.3 is 0 Å². The van der Waals surface area contributed by atoms with E-state index in [-0.39, 0.29) is 24.1 Å². The van der Waals surface area contributed by atoms with Gasteiger partial charge in [-0.25, -0.2) is 4.98 Å². The lowest BCUT2D eigenvalue weighted by Gasteiger charge is -2.08. The van der Waals surface area contributed by atoms with Crippen LogP contribution in [0.5, 0.6) is 0 Å². The topological polar surface area (TPSA) is 100 Å². The molecule has 1 unspecified atom stereocenters. The van der Waals surface area contributed by atoms with Gasteiger partial charge in [0.15, 0.2) is 5.13 Å². The standard InChI is InChI=1S/C17H18N4O3S/c1-10-2-4-11(5-3-10)18-15(23)8-12-9-25-17(19-12)21-16(24)13-6-7-14(22)20-13/h2-5,9,13H,6-8H2,1H3,(H,18,23)(H,20,22)(H,19,21,24). The second-order valence-corrected chi connectivity index (χ2v) is 6.74. The average Bonchev–Trinajstić information content (AvgIpc) is 3.19. The summed E-state index contributed by atoms with van der Waals surface area (Å²) < 4.78 is 0. The van der Waals surface area contributed by atoms with Gasteiger partial charge < -0.3 is 16.0 Å². The molecule has 1 fully saturated rings. The molecule has 1 atom stereocenters. The Labute approximate surface area is 148 Å². The van der Waals surface area contributed by atoms with E-state index >= 15 is 0 Å². The molecule has 0 radical (unpaired) electrons. The van der Waals surface area contributed by atoms with Crippen molar-refractivity contribution in [3.63, 3.8) is 0 Å². The van der Waals surface area contributed by atoms with E-state index in [9.17, 15) is 14.4 Å². The van der Waals surface area contributed by atoms with E-state index in [1.807, 2.05) is 31.2 Å². The van der Waals surface area contributed by atoms with E-state index in [4.69, 9.17) is 0 Å². The van der Waals surface area contributed by atoms with Crippen molar-refractivity contribution < 1.29 is 14.4 Å². The molecule has 1 aliphatic heterocycles. The van der Waals surface area contributed by atoms with E-state index in [2.05, 4.69) is 20.9 Å². The summed E-state index contributed by atoms with van der Waals surface area (Å²) in [5.74, 6) is -0.571. The van der Waals surface area contributed by atoms with Crippen LogP contribution in [0.1, 0.15) is 24.1 Å². The van der Waals surface area contributed by atoms with Crippen LogP contribution in [-0.4, -0.2) is 28.7 Å². The Hall–Kier alpha value is -2.74. The van der Waals surface area contributed by atoms with Crippen molar-refractivity contribution in [1.29, 1.82) is 0 Å². The second-order valence-electron chi connectivity index (χ2n) is 5.88. The molecule has 1 aromatic carbocycles. The van der Waals surface area contributed by atoms with Crippen molar-refractivity contribution in [3.8, 4) is 0 Å². The van der Waals surface area contributed by atoms with Crippen LogP contribution in [0, 0.1) is 6.92 Å². The third kappa shape index (κ3) is 4.63. The quantitative estimate of drug-likeness (QED) is 0.759.